The second-order valence-corrected chi connectivity index (χ2v) is 11.2. The Morgan fingerprint density at radius 2 is 2.24 bits per heavy atom. The molecule has 2 aromatic heterocycles. The molecule has 2 aliphatic rings. The Morgan fingerprint density at radius 1 is 1.45 bits per heavy atom. The third-order valence-electron chi connectivity index (χ3n) is 5.94. The van der Waals surface area contributed by atoms with Gasteiger partial charge in [0.15, 0.2) is 5.65 Å². The maximum atomic E-state index is 11.9. The summed E-state index contributed by atoms with van der Waals surface area (Å²) < 4.78 is 18.3. The van der Waals surface area contributed by atoms with Crippen LogP contribution in [0.2, 0.25) is 0 Å². The molecule has 3 heterocycles. The van der Waals surface area contributed by atoms with Crippen LogP contribution in [0.25, 0.3) is 11.2 Å². The van der Waals surface area contributed by atoms with E-state index in [1.54, 1.807) is 0 Å². The van der Waals surface area contributed by atoms with Gasteiger partial charge in [-0.05, 0) is 37.7 Å². The highest BCUT2D eigenvalue weighted by molar-refractivity contribution is 8.35. The third kappa shape index (κ3) is 5.65. The lowest BCUT2D eigenvalue weighted by Gasteiger charge is -2.26. The fourth-order valence-corrected chi connectivity index (χ4v) is 5.07. The summed E-state index contributed by atoms with van der Waals surface area (Å²) in [7, 11) is -3.52. The summed E-state index contributed by atoms with van der Waals surface area (Å²) in [5, 5.41) is 22.3. The number of hydrogen-bond acceptors (Lipinski definition) is 11. The molecule has 1 aliphatic carbocycles. The molecule has 2 unspecified atom stereocenters. The smallest absolute Gasteiger partial charge is 0.286 e. The van der Waals surface area contributed by atoms with Crippen LogP contribution in [0.1, 0.15) is 38.8 Å². The summed E-state index contributed by atoms with van der Waals surface area (Å²) in [4.78, 5) is 22.0. The number of ether oxygens (including phenoxy) is 1. The van der Waals surface area contributed by atoms with E-state index in [2.05, 4.69) is 27.6 Å². The van der Waals surface area contributed by atoms with Crippen molar-refractivity contribution in [3.05, 3.63) is 30.1 Å². The second-order valence-electron chi connectivity index (χ2n) is 8.36. The van der Waals surface area contributed by atoms with E-state index >= 15 is 0 Å². The second kappa shape index (κ2) is 9.83. The van der Waals surface area contributed by atoms with Crippen molar-refractivity contribution in [3.63, 3.8) is 0 Å². The van der Waals surface area contributed by atoms with E-state index in [0.29, 0.717) is 5.92 Å². The van der Waals surface area contributed by atoms with Crippen molar-refractivity contribution < 1.29 is 28.9 Å². The highest BCUT2D eigenvalue weighted by atomic mass is 32.7. The maximum Gasteiger partial charge on any atom is 0.286 e. The number of nitrogens with two attached hydrogens (primary N) is 1. The number of anilines is 1. The molecule has 33 heavy (non-hydrogen) atoms. The van der Waals surface area contributed by atoms with Gasteiger partial charge in [0.1, 0.15) is 31.1 Å². The fraction of sp³-hybridized carbons (Fsp3) is 0.550. The van der Waals surface area contributed by atoms with Crippen LogP contribution >= 0.6 is 7.15 Å². The normalized spacial score (nSPS) is 27.5. The molecule has 180 valence electrons. The number of hydrogen-bond donors (Lipinski definition) is 3. The Bertz CT molecular complexity index is 1060. The van der Waals surface area contributed by atoms with E-state index in [1.165, 1.54) is 16.5 Å². The largest absolute Gasteiger partial charge is 0.857 e. The Hall–Kier alpha value is -1.79. The average molecular weight is 497 g/mol. The minimum Gasteiger partial charge on any atom is -0.857 e. The summed E-state index contributed by atoms with van der Waals surface area (Å²) in [5.41, 5.74) is 8.10. The maximum absolute atomic E-state index is 11.9. The van der Waals surface area contributed by atoms with Crippen LogP contribution in [0.4, 0.5) is 5.95 Å². The van der Waals surface area contributed by atoms with Gasteiger partial charge < -0.3 is 32.9 Å². The molecular formula is C20H27N5O6PS-. The van der Waals surface area contributed by atoms with Crippen LogP contribution in [-0.2, 0) is 26.0 Å². The van der Waals surface area contributed by atoms with Crippen molar-refractivity contribution >= 4 is 36.5 Å². The van der Waals surface area contributed by atoms with Crippen molar-refractivity contribution in [1.82, 2.24) is 19.5 Å². The van der Waals surface area contributed by atoms with Crippen molar-refractivity contribution in [2.45, 2.75) is 51.0 Å². The van der Waals surface area contributed by atoms with Crippen LogP contribution in [0.3, 0.4) is 0 Å². The molecule has 0 amide bonds. The molecule has 4 rings (SSSR count). The van der Waals surface area contributed by atoms with Gasteiger partial charge in [0.05, 0.1) is 12.4 Å². The standard InChI is InChI=1S/C20H28N5O6PS/c1-11(2)13-5-3-12(4-6-13)8-29-32(28,33)30-9-15-14(26)7-16(31-15)25-10-22-17-18(25)23-20(21)24-19(17)27/h3,10,13-16,26H,1,4-9H2,2H3,(H,28,33)(H3,21,23,24,27)/p-1/t13?,14-,15+,16+,32?/m0/s1. The predicted octanol–water partition coefficient (Wildman–Crippen LogP) is 1.68. The zero-order valence-electron chi connectivity index (χ0n) is 18.2. The highest BCUT2D eigenvalue weighted by Crippen LogP contribution is 2.55. The molecule has 0 saturated carbocycles. The summed E-state index contributed by atoms with van der Waals surface area (Å²) in [6.07, 6.45) is 4.13. The molecule has 0 aromatic carbocycles. The summed E-state index contributed by atoms with van der Waals surface area (Å²) in [6, 6.07) is 0. The van der Waals surface area contributed by atoms with Crippen LogP contribution < -0.4 is 10.8 Å². The van der Waals surface area contributed by atoms with Crippen LogP contribution in [0.5, 0.6) is 5.88 Å². The number of aliphatic hydroxyl groups is 1. The Morgan fingerprint density at radius 3 is 2.94 bits per heavy atom. The Kier molecular flexibility index (Phi) is 7.25. The van der Waals surface area contributed by atoms with Gasteiger partial charge in [-0.25, -0.2) is 14.9 Å². The SMILES string of the molecule is C=C(C)C1CC=C(CO[P+](O)([S-])OC[C@H]2O[C@@H](n3cnc4c([O-])nc(N)nc43)C[C@@H]2O)CC1. The van der Waals surface area contributed by atoms with Gasteiger partial charge >= 0.3 is 0 Å². The number of allylic oxidation sites excluding steroid dienone is 2. The van der Waals surface area contributed by atoms with Crippen molar-refractivity contribution in [2.24, 2.45) is 5.92 Å². The van der Waals surface area contributed by atoms with E-state index < -0.39 is 31.5 Å². The lowest BCUT2D eigenvalue weighted by atomic mass is 9.86. The highest BCUT2D eigenvalue weighted by Gasteiger charge is 2.38. The molecule has 0 bridgehead atoms. The first-order chi connectivity index (χ1) is 15.6. The lowest BCUT2D eigenvalue weighted by molar-refractivity contribution is -0.272. The average Bonchev–Trinajstić information content (AvgIpc) is 3.34. The summed E-state index contributed by atoms with van der Waals surface area (Å²) >= 11 is 5.11. The minimum atomic E-state index is -3.52. The molecule has 1 fully saturated rings. The van der Waals surface area contributed by atoms with Crippen molar-refractivity contribution in [2.75, 3.05) is 18.9 Å². The van der Waals surface area contributed by atoms with Crippen molar-refractivity contribution in [3.8, 4) is 5.88 Å². The number of nitrogens with zero attached hydrogens (tertiary/aromatic N) is 4. The van der Waals surface area contributed by atoms with Crippen LogP contribution in [0, 0.1) is 5.92 Å². The molecule has 0 radical (unpaired) electrons. The molecular weight excluding hydrogens is 469 g/mol. The minimum absolute atomic E-state index is 0.0628. The van der Waals surface area contributed by atoms with E-state index in [0.717, 1.165) is 24.8 Å². The first-order valence-corrected chi connectivity index (χ1v) is 13.2. The molecule has 5 atom stereocenters. The number of aromatic nitrogens is 4. The Labute approximate surface area is 197 Å². The van der Waals surface area contributed by atoms with Gasteiger partial charge in [-0.1, -0.05) is 18.2 Å². The quantitative estimate of drug-likeness (QED) is 0.277. The first kappa shape index (κ1) is 24.3. The van der Waals surface area contributed by atoms with Crippen LogP contribution in [0.15, 0.2) is 30.1 Å². The van der Waals surface area contributed by atoms with Gasteiger partial charge in [0, 0.05) is 12.3 Å². The molecule has 13 heteroatoms. The summed E-state index contributed by atoms with van der Waals surface area (Å²) in [5.74, 6) is -0.281. The van der Waals surface area contributed by atoms with Gasteiger partial charge in [0.2, 0.25) is 5.95 Å². The van der Waals surface area contributed by atoms with Crippen LogP contribution in [-0.4, -0.2) is 54.9 Å². The molecule has 0 spiro atoms. The predicted molar refractivity (Wildman–Crippen MR) is 122 cm³/mol. The fourth-order valence-electron chi connectivity index (χ4n) is 3.99. The lowest BCUT2D eigenvalue weighted by Crippen LogP contribution is -2.26. The van der Waals surface area contributed by atoms with Gasteiger partial charge in [-0.3, -0.25) is 4.57 Å². The van der Waals surface area contributed by atoms with E-state index in [-0.39, 0.29) is 36.7 Å². The van der Waals surface area contributed by atoms with Crippen molar-refractivity contribution in [1.29, 1.82) is 0 Å². The molecule has 1 aliphatic heterocycles. The monoisotopic (exact) mass is 496 g/mol. The number of rotatable bonds is 8. The van der Waals surface area contributed by atoms with Gasteiger partial charge in [-0.15, -0.1) is 0 Å². The molecule has 1 saturated heterocycles. The van der Waals surface area contributed by atoms with E-state index in [9.17, 15) is 15.1 Å². The molecule has 2 aromatic rings. The third-order valence-corrected chi connectivity index (χ3v) is 7.50. The zero-order valence-corrected chi connectivity index (χ0v) is 19.9. The van der Waals surface area contributed by atoms with Gasteiger partial charge in [-0.2, -0.15) is 14.0 Å². The number of imidazole rings is 1. The van der Waals surface area contributed by atoms with E-state index in [4.69, 9.17) is 31.8 Å². The topological polar surface area (TPSA) is 161 Å². The van der Waals surface area contributed by atoms with Gasteiger partial charge in [0.25, 0.3) is 7.15 Å². The first-order valence-electron chi connectivity index (χ1n) is 10.6. The summed E-state index contributed by atoms with van der Waals surface area (Å²) in [6.45, 7) is 6.09. The Balaban J connectivity index is 1.31. The van der Waals surface area contributed by atoms with E-state index in [1.807, 2.05) is 6.92 Å². The zero-order chi connectivity index (χ0) is 23.8. The molecule has 11 nitrogen and oxygen atoms in total. The number of nitrogen functional groups attached to an aromatic ring is 1. The molecule has 4 N–H and O–H groups in total. The number of fused-ring (bicyclic) bond motifs is 1. The number of aliphatic hydroxyl groups excluding tert-OH is 1.